The van der Waals surface area contributed by atoms with E-state index < -0.39 is 18.1 Å². The van der Waals surface area contributed by atoms with Crippen LogP contribution in [0.1, 0.15) is 56.4 Å². The Balaban J connectivity index is 1.33. The maximum absolute atomic E-state index is 13.4. The number of fused-ring (bicyclic) bond motifs is 2. The van der Waals surface area contributed by atoms with Gasteiger partial charge in [-0.2, -0.15) is 5.10 Å². The molecule has 2 heterocycles. The third kappa shape index (κ3) is 4.10. The molecule has 1 aromatic carbocycles. The predicted molar refractivity (Wildman–Crippen MR) is 121 cm³/mol. The molecule has 1 saturated heterocycles. The molecule has 5 rings (SSSR count). The van der Waals surface area contributed by atoms with Gasteiger partial charge in [0.25, 0.3) is 5.91 Å². The molecule has 0 bridgehead atoms. The van der Waals surface area contributed by atoms with E-state index in [4.69, 9.17) is 5.73 Å². The van der Waals surface area contributed by atoms with Gasteiger partial charge in [0.2, 0.25) is 11.8 Å². The van der Waals surface area contributed by atoms with E-state index >= 15 is 0 Å². The summed E-state index contributed by atoms with van der Waals surface area (Å²) in [5, 5.41) is 18.2. The van der Waals surface area contributed by atoms with Gasteiger partial charge in [-0.15, -0.1) is 0 Å². The third-order valence-electron chi connectivity index (χ3n) is 7.36. The van der Waals surface area contributed by atoms with Gasteiger partial charge >= 0.3 is 0 Å². The van der Waals surface area contributed by atoms with Crippen molar-refractivity contribution in [2.45, 2.75) is 76.7 Å². The summed E-state index contributed by atoms with van der Waals surface area (Å²) in [6.07, 6.45) is 3.21. The number of aliphatic hydroxyl groups excluding tert-OH is 1. The number of primary amides is 1. The highest BCUT2D eigenvalue weighted by Gasteiger charge is 2.56. The number of hydrogen-bond acceptors (Lipinski definition) is 5. The van der Waals surface area contributed by atoms with Crippen LogP contribution in [0.4, 0.5) is 0 Å². The summed E-state index contributed by atoms with van der Waals surface area (Å²) >= 11 is 0. The molecule has 0 spiro atoms. The van der Waals surface area contributed by atoms with Crippen molar-refractivity contribution in [2.24, 2.45) is 17.1 Å². The Morgan fingerprint density at radius 2 is 1.94 bits per heavy atom. The van der Waals surface area contributed by atoms with E-state index in [-0.39, 0.29) is 41.6 Å². The number of aliphatic hydroxyl groups is 1. The van der Waals surface area contributed by atoms with Crippen molar-refractivity contribution in [1.82, 2.24) is 20.0 Å². The normalized spacial score (nSPS) is 30.2. The number of hydrogen-bond donors (Lipinski definition) is 3. The monoisotopic (exact) mass is 453 g/mol. The van der Waals surface area contributed by atoms with Gasteiger partial charge in [0, 0.05) is 17.5 Å². The van der Waals surface area contributed by atoms with Crippen LogP contribution in [0.2, 0.25) is 0 Å². The minimum atomic E-state index is -0.643. The molecule has 3 fully saturated rings. The predicted octanol–water partition coefficient (Wildman–Crippen LogP) is 1.18. The van der Waals surface area contributed by atoms with Gasteiger partial charge in [0.1, 0.15) is 12.6 Å². The Hall–Kier alpha value is -2.94. The zero-order valence-corrected chi connectivity index (χ0v) is 19.0. The number of para-hydroxylation sites is 1. The standard InChI is InChI=1S/C24H31N5O4/c1-24(2)10-14(9-15(30)11-24)26-23(33)19-8-13-7-18(13)29(19)20(31)12-28-17-6-4-3-5-16(17)21(27-28)22(25)32/h3-6,13-15,18-19,30H,7-12H2,1-2H3,(H2,25,32)(H,26,33)/t13-,14?,15-,18-,19+/m1/s1. The number of nitrogens with two attached hydrogens (primary N) is 1. The number of amides is 3. The van der Waals surface area contributed by atoms with Crippen molar-refractivity contribution in [3.05, 3.63) is 30.0 Å². The van der Waals surface area contributed by atoms with Gasteiger partial charge < -0.3 is 21.1 Å². The molecule has 3 amide bonds. The summed E-state index contributed by atoms with van der Waals surface area (Å²) in [5.41, 5.74) is 6.23. The smallest absolute Gasteiger partial charge is 0.269 e. The molecule has 1 unspecified atom stereocenters. The van der Waals surface area contributed by atoms with Crippen molar-refractivity contribution < 1.29 is 19.5 Å². The highest BCUT2D eigenvalue weighted by Crippen LogP contribution is 2.48. The van der Waals surface area contributed by atoms with E-state index in [1.54, 1.807) is 23.1 Å². The fraction of sp³-hybridized carbons (Fsp3) is 0.583. The molecule has 1 aromatic heterocycles. The van der Waals surface area contributed by atoms with Crippen LogP contribution in [0.25, 0.3) is 10.9 Å². The van der Waals surface area contributed by atoms with Crippen LogP contribution >= 0.6 is 0 Å². The van der Waals surface area contributed by atoms with Crippen molar-refractivity contribution in [3.63, 3.8) is 0 Å². The molecule has 33 heavy (non-hydrogen) atoms. The molecule has 5 atom stereocenters. The first-order chi connectivity index (χ1) is 15.6. The number of aromatic nitrogens is 2. The lowest BCUT2D eigenvalue weighted by molar-refractivity contribution is -0.141. The zero-order chi connectivity index (χ0) is 23.5. The molecule has 2 aliphatic carbocycles. The number of nitrogens with one attached hydrogen (secondary N) is 1. The fourth-order valence-corrected chi connectivity index (χ4v) is 5.98. The Kier molecular flexibility index (Phi) is 5.19. The lowest BCUT2D eigenvalue weighted by atomic mass is 9.73. The number of rotatable bonds is 5. The fourth-order valence-electron chi connectivity index (χ4n) is 5.98. The Bertz CT molecular complexity index is 1130. The first kappa shape index (κ1) is 21.9. The average Bonchev–Trinajstić information content (AvgIpc) is 3.22. The van der Waals surface area contributed by atoms with Crippen LogP contribution in [0.5, 0.6) is 0 Å². The summed E-state index contributed by atoms with van der Waals surface area (Å²) in [6.45, 7) is 4.14. The largest absolute Gasteiger partial charge is 0.393 e. The van der Waals surface area contributed by atoms with E-state index in [9.17, 15) is 19.5 Å². The number of carbonyl (C=O) groups excluding carboxylic acids is 3. The topological polar surface area (TPSA) is 131 Å². The Morgan fingerprint density at radius 1 is 1.18 bits per heavy atom. The van der Waals surface area contributed by atoms with Crippen LogP contribution in [-0.4, -0.2) is 61.7 Å². The molecular formula is C24H31N5O4. The maximum Gasteiger partial charge on any atom is 0.269 e. The molecule has 0 radical (unpaired) electrons. The van der Waals surface area contributed by atoms with E-state index in [2.05, 4.69) is 24.3 Å². The second-order valence-corrected chi connectivity index (χ2v) is 10.7. The summed E-state index contributed by atoms with van der Waals surface area (Å²) in [5.74, 6) is -0.619. The first-order valence-corrected chi connectivity index (χ1v) is 11.7. The highest BCUT2D eigenvalue weighted by atomic mass is 16.3. The molecule has 9 heteroatoms. The van der Waals surface area contributed by atoms with Crippen molar-refractivity contribution in [2.75, 3.05) is 0 Å². The number of likely N-dealkylation sites (tertiary alicyclic amines) is 1. The Morgan fingerprint density at radius 3 is 2.67 bits per heavy atom. The molecule has 2 saturated carbocycles. The summed E-state index contributed by atoms with van der Waals surface area (Å²) in [7, 11) is 0. The van der Waals surface area contributed by atoms with Crippen LogP contribution in [0, 0.1) is 11.3 Å². The molecule has 9 nitrogen and oxygen atoms in total. The van der Waals surface area contributed by atoms with Crippen LogP contribution < -0.4 is 11.1 Å². The van der Waals surface area contributed by atoms with Gasteiger partial charge in [0.05, 0.1) is 11.6 Å². The molecule has 176 valence electrons. The lowest BCUT2D eigenvalue weighted by Crippen LogP contribution is -2.53. The van der Waals surface area contributed by atoms with E-state index in [1.807, 2.05) is 6.07 Å². The quantitative estimate of drug-likeness (QED) is 0.626. The zero-order valence-electron chi connectivity index (χ0n) is 19.0. The van der Waals surface area contributed by atoms with Gasteiger partial charge in [-0.05, 0) is 49.5 Å². The van der Waals surface area contributed by atoms with Crippen LogP contribution in [0.15, 0.2) is 24.3 Å². The maximum atomic E-state index is 13.4. The van der Waals surface area contributed by atoms with Crippen molar-refractivity contribution in [1.29, 1.82) is 0 Å². The van der Waals surface area contributed by atoms with Gasteiger partial charge in [-0.1, -0.05) is 32.0 Å². The van der Waals surface area contributed by atoms with Crippen LogP contribution in [0.3, 0.4) is 0 Å². The van der Waals surface area contributed by atoms with Gasteiger partial charge in [0.15, 0.2) is 5.69 Å². The number of piperidine rings is 1. The summed E-state index contributed by atoms with van der Waals surface area (Å²) in [6, 6.07) is 6.64. The Labute approximate surface area is 192 Å². The number of nitrogens with zero attached hydrogens (tertiary/aromatic N) is 3. The summed E-state index contributed by atoms with van der Waals surface area (Å²) in [4.78, 5) is 40.1. The molecule has 2 aromatic rings. The number of carbonyl (C=O) groups is 3. The number of benzene rings is 1. The molecule has 3 aliphatic rings. The van der Waals surface area contributed by atoms with Gasteiger partial charge in [-0.25, -0.2) is 0 Å². The lowest BCUT2D eigenvalue weighted by Gasteiger charge is -2.39. The van der Waals surface area contributed by atoms with E-state index in [0.717, 1.165) is 19.3 Å². The van der Waals surface area contributed by atoms with Gasteiger partial charge in [-0.3, -0.25) is 19.1 Å². The first-order valence-electron chi connectivity index (χ1n) is 11.7. The highest BCUT2D eigenvalue weighted by molar-refractivity contribution is 6.04. The molecule has 1 aliphatic heterocycles. The second-order valence-electron chi connectivity index (χ2n) is 10.7. The average molecular weight is 454 g/mol. The van der Waals surface area contributed by atoms with E-state index in [1.165, 1.54) is 4.68 Å². The minimum Gasteiger partial charge on any atom is -0.393 e. The minimum absolute atomic E-state index is 0.0395. The van der Waals surface area contributed by atoms with Crippen molar-refractivity contribution >= 4 is 28.6 Å². The van der Waals surface area contributed by atoms with Crippen molar-refractivity contribution in [3.8, 4) is 0 Å². The van der Waals surface area contributed by atoms with Crippen LogP contribution in [-0.2, 0) is 16.1 Å². The molecular weight excluding hydrogens is 422 g/mol. The third-order valence-corrected chi connectivity index (χ3v) is 7.36. The molecule has 4 N–H and O–H groups in total. The SMILES string of the molecule is CC1(C)CC(NC(=O)[C@@H]2C[C@H]3C[C@H]3N2C(=O)Cn2nc(C(N)=O)c3ccccc32)C[C@@H](O)C1. The van der Waals surface area contributed by atoms with E-state index in [0.29, 0.717) is 29.7 Å². The summed E-state index contributed by atoms with van der Waals surface area (Å²) < 4.78 is 1.50. The second kappa shape index (κ2) is 7.83.